The Morgan fingerprint density at radius 1 is 1.19 bits per heavy atom. The summed E-state index contributed by atoms with van der Waals surface area (Å²) in [6, 6.07) is 2.72. The first-order valence-electron chi connectivity index (χ1n) is 14.8. The van der Waals surface area contributed by atoms with Crippen LogP contribution >= 0.6 is 46.4 Å². The average molecular weight is 719 g/mol. The third kappa shape index (κ3) is 5.63. The molecular formula is C33H32Cl4FN7O2. The van der Waals surface area contributed by atoms with E-state index in [1.807, 2.05) is 45.6 Å². The van der Waals surface area contributed by atoms with Gasteiger partial charge in [-0.15, -0.1) is 0 Å². The Morgan fingerprint density at radius 2 is 1.83 bits per heavy atom. The molecule has 1 saturated heterocycles. The van der Waals surface area contributed by atoms with Crippen molar-refractivity contribution in [1.82, 2.24) is 19.8 Å². The van der Waals surface area contributed by atoms with E-state index < -0.39 is 16.4 Å². The smallest absolute Gasteiger partial charge is 0.276 e. The number of carbonyl (C=O) groups excluding carboxylic acids is 1. The second kappa shape index (κ2) is 13.0. The van der Waals surface area contributed by atoms with Crippen molar-refractivity contribution >= 4 is 80.4 Å². The first-order chi connectivity index (χ1) is 22.2. The number of amides is 1. The summed E-state index contributed by atoms with van der Waals surface area (Å²) >= 11 is 25.5. The summed E-state index contributed by atoms with van der Waals surface area (Å²) in [6.45, 7) is 13.8. The highest BCUT2D eigenvalue weighted by atomic mass is 35.5. The molecule has 1 aromatic carbocycles. The lowest BCUT2D eigenvalue weighted by Crippen LogP contribution is -2.58. The minimum atomic E-state index is -0.988. The molecular weight excluding hydrogens is 687 g/mol. The van der Waals surface area contributed by atoms with Crippen molar-refractivity contribution in [3.8, 4) is 17.3 Å². The molecule has 5 rings (SSSR count). The van der Waals surface area contributed by atoms with Crippen LogP contribution in [-0.4, -0.2) is 51.6 Å². The van der Waals surface area contributed by atoms with Gasteiger partial charge in [0.25, 0.3) is 5.56 Å². The van der Waals surface area contributed by atoms with Crippen molar-refractivity contribution in [2.45, 2.75) is 52.7 Å². The number of allylic oxidation sites excluding steroid dienone is 2. The van der Waals surface area contributed by atoms with Crippen LogP contribution in [0.4, 0.5) is 15.8 Å². The lowest BCUT2D eigenvalue weighted by atomic mass is 9.94. The van der Waals surface area contributed by atoms with E-state index in [4.69, 9.17) is 57.1 Å². The molecule has 0 saturated carbocycles. The number of benzene rings is 1. The molecule has 0 radical (unpaired) electrons. The molecule has 3 N–H and O–H groups in total. The van der Waals surface area contributed by atoms with Gasteiger partial charge in [-0.3, -0.25) is 14.2 Å². The Morgan fingerprint density at radius 3 is 2.40 bits per heavy atom. The van der Waals surface area contributed by atoms with Gasteiger partial charge in [0.05, 0.1) is 54.5 Å². The highest BCUT2D eigenvalue weighted by molar-refractivity contribution is 6.49. The third-order valence-corrected chi connectivity index (χ3v) is 10.2. The Balaban J connectivity index is 1.92. The SMILES string of the molecule is C=CC(=O)N1[C@H](C)CN(c2c(C#N)c(=O)n(C3=C(C)C=CNC3C(C)C)c3nc(-c4c(N)c(Cl)c(Cl)c(Cl)c4F)c(Cl)cc23)C[C@@H]1C. The Bertz CT molecular complexity index is 1980. The van der Waals surface area contributed by atoms with E-state index >= 15 is 4.39 Å². The molecule has 2 aliphatic heterocycles. The maximum Gasteiger partial charge on any atom is 0.276 e. The average Bonchev–Trinajstić information content (AvgIpc) is 3.02. The first kappa shape index (κ1) is 34.6. The van der Waals surface area contributed by atoms with E-state index in [-0.39, 0.29) is 73.2 Å². The molecule has 0 bridgehead atoms. The van der Waals surface area contributed by atoms with Crippen LogP contribution in [0, 0.1) is 23.1 Å². The zero-order valence-corrected chi connectivity index (χ0v) is 29.3. The largest absolute Gasteiger partial charge is 0.397 e. The molecule has 3 atom stereocenters. The van der Waals surface area contributed by atoms with Crippen molar-refractivity contribution in [2.24, 2.45) is 5.92 Å². The van der Waals surface area contributed by atoms with Crippen molar-refractivity contribution in [3.05, 3.63) is 78.4 Å². The van der Waals surface area contributed by atoms with Crippen LogP contribution in [0.3, 0.4) is 0 Å². The van der Waals surface area contributed by atoms with E-state index in [1.165, 1.54) is 16.7 Å². The number of fused-ring (bicyclic) bond motifs is 1. The molecule has 246 valence electrons. The highest BCUT2D eigenvalue weighted by Gasteiger charge is 2.36. The summed E-state index contributed by atoms with van der Waals surface area (Å²) in [5, 5.41) is 13.3. The lowest BCUT2D eigenvalue weighted by Gasteiger charge is -2.45. The Hall–Kier alpha value is -3.75. The summed E-state index contributed by atoms with van der Waals surface area (Å²) < 4.78 is 17.2. The van der Waals surface area contributed by atoms with E-state index in [1.54, 1.807) is 11.1 Å². The number of hydrogen-bond donors (Lipinski definition) is 2. The van der Waals surface area contributed by atoms with Crippen molar-refractivity contribution < 1.29 is 9.18 Å². The van der Waals surface area contributed by atoms with Crippen LogP contribution < -0.4 is 21.5 Å². The molecule has 0 aliphatic carbocycles. The van der Waals surface area contributed by atoms with Crippen LogP contribution in [-0.2, 0) is 4.79 Å². The van der Waals surface area contributed by atoms with E-state index in [0.717, 1.165) is 5.57 Å². The molecule has 4 heterocycles. The number of nitriles is 1. The van der Waals surface area contributed by atoms with E-state index in [2.05, 4.69) is 18.0 Å². The molecule has 1 fully saturated rings. The number of nitrogens with two attached hydrogens (primary N) is 1. The topological polar surface area (TPSA) is 120 Å². The van der Waals surface area contributed by atoms with Crippen LogP contribution in [0.1, 0.15) is 40.2 Å². The van der Waals surface area contributed by atoms with Crippen LogP contribution in [0.15, 0.2) is 41.4 Å². The molecule has 9 nitrogen and oxygen atoms in total. The van der Waals surface area contributed by atoms with Crippen LogP contribution in [0.2, 0.25) is 20.1 Å². The maximum absolute atomic E-state index is 15.8. The fourth-order valence-electron chi connectivity index (χ4n) is 6.53. The monoisotopic (exact) mass is 717 g/mol. The first-order valence-corrected chi connectivity index (χ1v) is 16.3. The molecule has 47 heavy (non-hydrogen) atoms. The quantitative estimate of drug-likeness (QED) is 0.123. The van der Waals surface area contributed by atoms with Gasteiger partial charge in [0, 0.05) is 30.6 Å². The molecule has 1 unspecified atom stereocenters. The molecule has 14 heteroatoms. The number of anilines is 2. The fraction of sp³-hybridized carbons (Fsp3) is 0.333. The van der Waals surface area contributed by atoms with Gasteiger partial charge in [-0.25, -0.2) is 9.37 Å². The summed E-state index contributed by atoms with van der Waals surface area (Å²) in [4.78, 5) is 35.7. The van der Waals surface area contributed by atoms with Gasteiger partial charge < -0.3 is 20.9 Å². The van der Waals surface area contributed by atoms with Gasteiger partial charge in [-0.05, 0) is 56.7 Å². The third-order valence-electron chi connectivity index (χ3n) is 8.61. The van der Waals surface area contributed by atoms with Crippen molar-refractivity contribution in [2.75, 3.05) is 23.7 Å². The zero-order valence-electron chi connectivity index (χ0n) is 26.3. The van der Waals surface area contributed by atoms with Gasteiger partial charge in [0.1, 0.15) is 17.3 Å². The van der Waals surface area contributed by atoms with Crippen molar-refractivity contribution in [3.63, 3.8) is 0 Å². The predicted molar refractivity (Wildman–Crippen MR) is 189 cm³/mol. The normalized spacial score (nSPS) is 19.7. The Kier molecular flexibility index (Phi) is 9.59. The molecule has 1 amide bonds. The maximum atomic E-state index is 15.8. The number of hydrogen-bond acceptors (Lipinski definition) is 7. The number of piperazine rings is 1. The van der Waals surface area contributed by atoms with Gasteiger partial charge in [0.2, 0.25) is 5.91 Å². The predicted octanol–water partition coefficient (Wildman–Crippen LogP) is 7.25. The van der Waals surface area contributed by atoms with Crippen molar-refractivity contribution in [1.29, 1.82) is 5.26 Å². The fourth-order valence-corrected chi connectivity index (χ4v) is 7.39. The summed E-state index contributed by atoms with van der Waals surface area (Å²) in [5.41, 5.74) is 6.57. The van der Waals surface area contributed by atoms with E-state index in [0.29, 0.717) is 29.9 Å². The number of nitrogen functional groups attached to an aromatic ring is 1. The summed E-state index contributed by atoms with van der Waals surface area (Å²) in [5.74, 6) is -1.21. The number of pyridine rings is 2. The minimum Gasteiger partial charge on any atom is -0.397 e. The highest BCUT2D eigenvalue weighted by Crippen LogP contribution is 2.46. The number of nitrogens with one attached hydrogen (secondary N) is 1. The standard InChI is InChI=1S/C33H32Cl4FN7O2/c1-7-21(46)44-16(5)12-43(13-17(44)6)31-18-10-20(34)29(22-26(38)24(36)23(35)25(37)27(22)40)42-32(18)45(33(47)19(31)11-39)30-15(4)8-9-41-28(30)14(2)3/h7-10,14,16-17,28,41H,1,12-13,40H2,2-6H3/t16-,17+,28?. The number of dihydropyridines is 1. The van der Waals surface area contributed by atoms with Gasteiger partial charge in [0.15, 0.2) is 5.82 Å². The van der Waals surface area contributed by atoms with Crippen LogP contribution in [0.25, 0.3) is 28.0 Å². The van der Waals surface area contributed by atoms with Crippen LogP contribution in [0.5, 0.6) is 0 Å². The summed E-state index contributed by atoms with van der Waals surface area (Å²) in [6.07, 6.45) is 4.88. The molecule has 3 aromatic rings. The number of rotatable bonds is 5. The minimum absolute atomic E-state index is 0.00275. The summed E-state index contributed by atoms with van der Waals surface area (Å²) in [7, 11) is 0. The zero-order chi connectivity index (χ0) is 34.6. The molecule has 0 spiro atoms. The van der Waals surface area contributed by atoms with Gasteiger partial charge >= 0.3 is 0 Å². The molecule has 2 aliphatic rings. The van der Waals surface area contributed by atoms with Gasteiger partial charge in [-0.2, -0.15) is 5.26 Å². The number of carbonyl (C=O) groups is 1. The van der Waals surface area contributed by atoms with E-state index in [9.17, 15) is 14.9 Å². The molecule has 2 aromatic heterocycles. The Labute approximate surface area is 291 Å². The number of halogens is 5. The number of nitrogens with zero attached hydrogens (tertiary/aromatic N) is 5. The second-order valence-electron chi connectivity index (χ2n) is 12.1. The lowest BCUT2D eigenvalue weighted by molar-refractivity contribution is -0.130. The number of aromatic nitrogens is 2. The van der Waals surface area contributed by atoms with Gasteiger partial charge in [-0.1, -0.05) is 66.8 Å². The second-order valence-corrected chi connectivity index (χ2v) is 13.6.